The van der Waals surface area contributed by atoms with Crippen LogP contribution in [0.5, 0.6) is 5.75 Å². The molecule has 0 saturated carbocycles. The Labute approximate surface area is 220 Å². The molecule has 7 heteroatoms. The van der Waals surface area contributed by atoms with Crippen LogP contribution >= 0.6 is 0 Å². The maximum absolute atomic E-state index is 13.4. The van der Waals surface area contributed by atoms with E-state index in [9.17, 15) is 21.6 Å². The number of fused-ring (bicyclic) bond motifs is 2. The summed E-state index contributed by atoms with van der Waals surface area (Å²) in [6, 6.07) is 17.6. The van der Waals surface area contributed by atoms with Crippen LogP contribution in [-0.2, 0) is 16.5 Å². The molecule has 0 N–H and O–H groups in total. The minimum Gasteiger partial charge on any atom is -0.376 e. The summed E-state index contributed by atoms with van der Waals surface area (Å²) in [6.45, 7) is 8.19. The van der Waals surface area contributed by atoms with Crippen LogP contribution in [-0.4, -0.2) is 13.9 Å². The normalized spacial score (nSPS) is 18.4. The van der Waals surface area contributed by atoms with Gasteiger partial charge in [-0.05, 0) is 96.3 Å². The number of hydrogen-bond acceptors (Lipinski definition) is 3. The van der Waals surface area contributed by atoms with Gasteiger partial charge in [-0.25, -0.2) is 0 Å². The number of halogens is 3. The Morgan fingerprint density at radius 2 is 1.47 bits per heavy atom. The fourth-order valence-electron chi connectivity index (χ4n) is 6.78. The summed E-state index contributed by atoms with van der Waals surface area (Å²) in [6.07, 6.45) is 1.32. The van der Waals surface area contributed by atoms with Crippen LogP contribution in [0, 0.1) is 27.7 Å². The first kappa shape index (κ1) is 25.0. The molecular weight excluding hydrogens is 509 g/mol. The third-order valence-corrected chi connectivity index (χ3v) is 9.08. The largest absolute Gasteiger partial charge is 0.534 e. The second kappa shape index (κ2) is 8.34. The predicted octanol–water partition coefficient (Wildman–Crippen LogP) is 7.87. The molecule has 2 atom stereocenters. The maximum Gasteiger partial charge on any atom is 0.534 e. The van der Waals surface area contributed by atoms with E-state index in [-0.39, 0.29) is 17.6 Å². The van der Waals surface area contributed by atoms with Crippen LogP contribution in [0.2, 0.25) is 0 Å². The Morgan fingerprint density at radius 3 is 2.18 bits per heavy atom. The molecule has 4 aromatic rings. The standard InChI is InChI=1S/C31H27F3O3S/c1-16-5-9-23(18(3)11-16)24-15-25-27-19(4)12-17(2)13-22(27)14-21-7-6-20-8-10-26(30(24)29(20)28(21)25)37-38(35,36)31(32,33)34/h5-13,24-25H,14-15H2,1-4H3/t24-,25?/m0/s1. The summed E-state index contributed by atoms with van der Waals surface area (Å²) in [5.41, 5.74) is 5.17. The smallest absolute Gasteiger partial charge is 0.376 e. The van der Waals surface area contributed by atoms with Gasteiger partial charge in [0.2, 0.25) is 0 Å². The molecule has 0 spiro atoms. The highest BCUT2D eigenvalue weighted by molar-refractivity contribution is 7.88. The van der Waals surface area contributed by atoms with Crippen LogP contribution in [0.1, 0.15) is 73.9 Å². The van der Waals surface area contributed by atoms with Crippen LogP contribution in [0.4, 0.5) is 13.2 Å². The summed E-state index contributed by atoms with van der Waals surface area (Å²) in [5, 5.41) is 1.67. The van der Waals surface area contributed by atoms with Gasteiger partial charge in [-0.15, -0.1) is 0 Å². The minimum absolute atomic E-state index is 0.0331. The van der Waals surface area contributed by atoms with E-state index in [2.05, 4.69) is 38.1 Å². The van der Waals surface area contributed by atoms with Gasteiger partial charge in [0.25, 0.3) is 0 Å². The molecule has 0 radical (unpaired) electrons. The van der Waals surface area contributed by atoms with Crippen molar-refractivity contribution in [3.8, 4) is 5.75 Å². The highest BCUT2D eigenvalue weighted by Crippen LogP contribution is 2.56. The van der Waals surface area contributed by atoms with Gasteiger partial charge >= 0.3 is 15.6 Å². The molecule has 2 aliphatic rings. The summed E-state index contributed by atoms with van der Waals surface area (Å²) in [4.78, 5) is 0. The van der Waals surface area contributed by atoms with Crippen molar-refractivity contribution in [1.29, 1.82) is 0 Å². The van der Waals surface area contributed by atoms with Crippen molar-refractivity contribution < 1.29 is 25.8 Å². The molecule has 6 rings (SSSR count). The SMILES string of the molecule is Cc1ccc([C@@H]2CC3c4c(C)cc(C)cc4Cc4ccc5ccc(OS(=O)(=O)C(F)(F)F)c2c5c43)c(C)c1. The summed E-state index contributed by atoms with van der Waals surface area (Å²) < 4.78 is 69.5. The summed E-state index contributed by atoms with van der Waals surface area (Å²) in [7, 11) is -5.84. The maximum atomic E-state index is 13.4. The highest BCUT2D eigenvalue weighted by atomic mass is 32.2. The lowest BCUT2D eigenvalue weighted by atomic mass is 9.64. The number of rotatable bonds is 3. The Morgan fingerprint density at radius 1 is 0.763 bits per heavy atom. The van der Waals surface area contributed by atoms with E-state index in [1.165, 1.54) is 28.3 Å². The van der Waals surface area contributed by atoms with Crippen LogP contribution < -0.4 is 4.18 Å². The van der Waals surface area contributed by atoms with Crippen LogP contribution in [0.3, 0.4) is 0 Å². The fourth-order valence-corrected chi connectivity index (χ4v) is 7.26. The van der Waals surface area contributed by atoms with Crippen molar-refractivity contribution >= 4 is 20.9 Å². The molecule has 0 bridgehead atoms. The van der Waals surface area contributed by atoms with Gasteiger partial charge in [0.05, 0.1) is 0 Å². The molecule has 0 aliphatic heterocycles. The Balaban J connectivity index is 1.69. The lowest BCUT2D eigenvalue weighted by Gasteiger charge is -2.39. The Kier molecular flexibility index (Phi) is 5.48. The molecule has 0 saturated heterocycles. The van der Waals surface area contributed by atoms with Crippen molar-refractivity contribution in [2.24, 2.45) is 0 Å². The molecule has 0 heterocycles. The van der Waals surface area contributed by atoms with E-state index < -0.39 is 15.6 Å². The van der Waals surface area contributed by atoms with Gasteiger partial charge in [-0.3, -0.25) is 0 Å². The predicted molar refractivity (Wildman–Crippen MR) is 142 cm³/mol. The van der Waals surface area contributed by atoms with Crippen molar-refractivity contribution in [2.45, 2.75) is 57.9 Å². The lowest BCUT2D eigenvalue weighted by Crippen LogP contribution is -2.29. The first-order valence-electron chi connectivity index (χ1n) is 12.6. The molecule has 0 aromatic heterocycles. The van der Waals surface area contributed by atoms with Crippen molar-refractivity contribution in [3.63, 3.8) is 0 Å². The average Bonchev–Trinajstić information content (AvgIpc) is 2.81. The zero-order valence-electron chi connectivity index (χ0n) is 21.5. The molecule has 3 nitrogen and oxygen atoms in total. The Hall–Kier alpha value is -3.32. The first-order chi connectivity index (χ1) is 17.9. The molecule has 38 heavy (non-hydrogen) atoms. The molecule has 0 amide bonds. The van der Waals surface area contributed by atoms with E-state index in [1.54, 1.807) is 6.07 Å². The van der Waals surface area contributed by atoms with E-state index >= 15 is 0 Å². The molecule has 196 valence electrons. The number of aryl methyl sites for hydroxylation is 4. The van der Waals surface area contributed by atoms with Crippen LogP contribution in [0.25, 0.3) is 10.8 Å². The quantitative estimate of drug-likeness (QED) is 0.198. The lowest BCUT2D eigenvalue weighted by molar-refractivity contribution is -0.0500. The molecule has 0 fully saturated rings. The van der Waals surface area contributed by atoms with Crippen molar-refractivity contribution in [3.05, 3.63) is 110 Å². The monoisotopic (exact) mass is 536 g/mol. The van der Waals surface area contributed by atoms with Crippen molar-refractivity contribution in [2.75, 3.05) is 0 Å². The molecular formula is C31H27F3O3S. The summed E-state index contributed by atoms with van der Waals surface area (Å²) in [5.74, 6) is -0.569. The first-order valence-corrected chi connectivity index (χ1v) is 14.0. The molecule has 2 aliphatic carbocycles. The van der Waals surface area contributed by atoms with E-state index in [0.717, 1.165) is 45.0 Å². The van der Waals surface area contributed by atoms with Gasteiger partial charge in [0, 0.05) is 17.4 Å². The Bertz CT molecular complexity index is 1750. The zero-order chi connectivity index (χ0) is 27.1. The number of alkyl halides is 3. The number of hydrogen-bond donors (Lipinski definition) is 0. The minimum atomic E-state index is -5.84. The van der Waals surface area contributed by atoms with E-state index in [1.807, 2.05) is 32.0 Å². The average molecular weight is 537 g/mol. The topological polar surface area (TPSA) is 43.4 Å². The van der Waals surface area contributed by atoms with Crippen molar-refractivity contribution in [1.82, 2.24) is 0 Å². The van der Waals surface area contributed by atoms with Crippen LogP contribution in [0.15, 0.2) is 54.6 Å². The fraction of sp³-hybridized carbons (Fsp3) is 0.290. The second-order valence-electron chi connectivity index (χ2n) is 10.7. The highest BCUT2D eigenvalue weighted by Gasteiger charge is 2.49. The third kappa shape index (κ3) is 3.74. The zero-order valence-corrected chi connectivity index (χ0v) is 22.3. The molecule has 4 aromatic carbocycles. The number of benzene rings is 4. The van der Waals surface area contributed by atoms with Gasteiger partial charge in [0.15, 0.2) is 0 Å². The van der Waals surface area contributed by atoms with E-state index in [0.29, 0.717) is 12.0 Å². The summed E-state index contributed by atoms with van der Waals surface area (Å²) >= 11 is 0. The third-order valence-electron chi connectivity index (χ3n) is 8.12. The van der Waals surface area contributed by atoms with Gasteiger partial charge in [0.1, 0.15) is 5.75 Å². The van der Waals surface area contributed by atoms with Gasteiger partial charge in [-0.1, -0.05) is 59.7 Å². The van der Waals surface area contributed by atoms with Gasteiger partial charge < -0.3 is 4.18 Å². The van der Waals surface area contributed by atoms with Gasteiger partial charge in [-0.2, -0.15) is 21.6 Å². The molecule has 1 unspecified atom stereocenters. The van der Waals surface area contributed by atoms with E-state index in [4.69, 9.17) is 4.18 Å². The second-order valence-corrected chi connectivity index (χ2v) is 12.3.